The van der Waals surface area contributed by atoms with Crippen molar-refractivity contribution in [2.45, 2.75) is 6.42 Å². The van der Waals surface area contributed by atoms with E-state index < -0.39 is 11.0 Å². The molecule has 0 saturated carbocycles. The van der Waals surface area contributed by atoms with E-state index >= 15 is 0 Å². The fraction of sp³-hybridized carbons (Fsp3) is 0.0385. The van der Waals surface area contributed by atoms with Crippen LogP contribution in [0.4, 0.5) is 22.0 Å². The van der Waals surface area contributed by atoms with Crippen LogP contribution in [0, 0.1) is 10.1 Å². The number of aromatic amines is 1. The van der Waals surface area contributed by atoms with Gasteiger partial charge in [-0.25, -0.2) is 14.8 Å². The first-order chi connectivity index (χ1) is 18.0. The molecule has 0 bridgehead atoms. The Hall–Kier alpha value is -5.45. The predicted octanol–water partition coefficient (Wildman–Crippen LogP) is 5.07. The van der Waals surface area contributed by atoms with Gasteiger partial charge in [-0.3, -0.25) is 25.5 Å². The lowest BCUT2D eigenvalue weighted by Crippen LogP contribution is -2.20. The van der Waals surface area contributed by atoms with Crippen LogP contribution < -0.4 is 10.6 Å². The molecule has 11 nitrogen and oxygen atoms in total. The van der Waals surface area contributed by atoms with Gasteiger partial charge in [-0.05, 0) is 47.0 Å². The van der Waals surface area contributed by atoms with Crippen LogP contribution in [0.3, 0.4) is 0 Å². The third-order valence-electron chi connectivity index (χ3n) is 5.40. The molecule has 0 saturated heterocycles. The Labute approximate surface area is 210 Å². The van der Waals surface area contributed by atoms with Crippen molar-refractivity contribution in [3.05, 3.63) is 113 Å². The van der Waals surface area contributed by atoms with Gasteiger partial charge in [0, 0.05) is 48.4 Å². The normalized spacial score (nSPS) is 10.6. The molecule has 0 radical (unpaired) electrons. The Morgan fingerprint density at radius 1 is 0.892 bits per heavy atom. The van der Waals surface area contributed by atoms with Gasteiger partial charge in [0.05, 0.1) is 4.92 Å². The Kier molecular flexibility index (Phi) is 6.57. The number of rotatable bonds is 7. The van der Waals surface area contributed by atoms with Crippen LogP contribution in [0.2, 0.25) is 0 Å². The number of benzene rings is 2. The first-order valence-corrected chi connectivity index (χ1v) is 11.2. The highest BCUT2D eigenvalue weighted by molar-refractivity contribution is 5.99. The van der Waals surface area contributed by atoms with Crippen LogP contribution in [-0.4, -0.2) is 36.1 Å². The van der Waals surface area contributed by atoms with E-state index in [-0.39, 0.29) is 17.8 Å². The number of pyridine rings is 2. The first-order valence-electron chi connectivity index (χ1n) is 11.2. The number of anilines is 2. The lowest BCUT2D eigenvalue weighted by molar-refractivity contribution is -0.384. The van der Waals surface area contributed by atoms with Gasteiger partial charge in [0.25, 0.3) is 5.69 Å². The van der Waals surface area contributed by atoms with E-state index in [4.69, 9.17) is 0 Å². The molecule has 0 unspecified atom stereocenters. The number of hydrogen-bond acceptors (Lipinski definition) is 7. The number of non-ortho nitro benzene ring substituents is 1. The zero-order valence-electron chi connectivity index (χ0n) is 19.3. The van der Waals surface area contributed by atoms with Crippen LogP contribution in [0.5, 0.6) is 0 Å². The Morgan fingerprint density at radius 2 is 1.68 bits per heavy atom. The molecule has 37 heavy (non-hydrogen) atoms. The Bertz CT molecular complexity index is 1550. The highest BCUT2D eigenvalue weighted by atomic mass is 16.6. The summed E-state index contributed by atoms with van der Waals surface area (Å²) in [4.78, 5) is 36.3. The van der Waals surface area contributed by atoms with Gasteiger partial charge in [0.15, 0.2) is 5.82 Å². The van der Waals surface area contributed by atoms with Crippen LogP contribution >= 0.6 is 0 Å². The lowest BCUT2D eigenvalue weighted by atomic mass is 10.1. The molecule has 3 heterocycles. The van der Waals surface area contributed by atoms with E-state index in [1.807, 2.05) is 36.4 Å². The first kappa shape index (κ1) is 23.3. The summed E-state index contributed by atoms with van der Waals surface area (Å²) in [5, 5.41) is 23.9. The number of urea groups is 1. The average molecular weight is 492 g/mol. The fourth-order valence-electron chi connectivity index (χ4n) is 3.74. The van der Waals surface area contributed by atoms with Crippen molar-refractivity contribution in [3.8, 4) is 22.5 Å². The molecule has 5 aromatic rings. The number of carbonyl (C=O) groups is 1. The van der Waals surface area contributed by atoms with Gasteiger partial charge in [-0.2, -0.15) is 5.10 Å². The van der Waals surface area contributed by atoms with E-state index in [2.05, 4.69) is 35.8 Å². The van der Waals surface area contributed by atoms with Crippen LogP contribution in [0.25, 0.3) is 22.5 Å². The van der Waals surface area contributed by atoms with Gasteiger partial charge in [-0.1, -0.05) is 30.3 Å². The van der Waals surface area contributed by atoms with Crippen molar-refractivity contribution in [1.82, 2.24) is 25.1 Å². The molecule has 0 fully saturated rings. The molecule has 0 aliphatic heterocycles. The number of aromatic nitrogens is 5. The van der Waals surface area contributed by atoms with Crippen LogP contribution in [0.1, 0.15) is 11.4 Å². The molecule has 0 aliphatic rings. The third-order valence-corrected chi connectivity index (χ3v) is 5.40. The third kappa shape index (κ3) is 5.80. The summed E-state index contributed by atoms with van der Waals surface area (Å²) >= 11 is 0. The van der Waals surface area contributed by atoms with Crippen molar-refractivity contribution in [2.24, 2.45) is 0 Å². The number of nitro groups is 1. The summed E-state index contributed by atoms with van der Waals surface area (Å²) in [7, 11) is 0. The molecule has 0 spiro atoms. The number of hydrogen-bond donors (Lipinski definition) is 3. The standard InChI is InChI=1S/C26H20N8O3/c35-26(31-23-15-20(8-11-28-23)18-4-2-1-3-5-18)29-21-12-17(13-22(16-21)34(36)37)14-24-30-25(33-32-24)19-6-9-27-10-7-19/h1-13,15-16H,14H2,(H,30,32,33)(H2,28,29,31,35). The summed E-state index contributed by atoms with van der Waals surface area (Å²) in [6.07, 6.45) is 5.13. The van der Waals surface area contributed by atoms with Crippen molar-refractivity contribution < 1.29 is 9.72 Å². The smallest absolute Gasteiger partial charge is 0.307 e. The number of nitrogens with zero attached hydrogens (tertiary/aromatic N) is 5. The second kappa shape index (κ2) is 10.4. The van der Waals surface area contributed by atoms with E-state index in [9.17, 15) is 14.9 Å². The Balaban J connectivity index is 1.32. The fourth-order valence-corrected chi connectivity index (χ4v) is 3.74. The zero-order valence-corrected chi connectivity index (χ0v) is 19.3. The minimum Gasteiger partial charge on any atom is -0.307 e. The second-order valence-corrected chi connectivity index (χ2v) is 8.04. The molecule has 3 aromatic heterocycles. The van der Waals surface area contributed by atoms with Crippen molar-refractivity contribution in [3.63, 3.8) is 0 Å². The summed E-state index contributed by atoms with van der Waals surface area (Å²) in [5.74, 6) is 1.35. The van der Waals surface area contributed by atoms with Crippen LogP contribution in [-0.2, 0) is 6.42 Å². The van der Waals surface area contributed by atoms with Crippen molar-refractivity contribution in [1.29, 1.82) is 0 Å². The molecular formula is C26H20N8O3. The maximum atomic E-state index is 12.7. The number of nitro benzene ring substituents is 1. The van der Waals surface area contributed by atoms with Gasteiger partial charge >= 0.3 is 6.03 Å². The summed E-state index contributed by atoms with van der Waals surface area (Å²) in [6, 6.07) is 20.6. The highest BCUT2D eigenvalue weighted by Gasteiger charge is 2.14. The number of H-pyrrole nitrogens is 1. The summed E-state index contributed by atoms with van der Waals surface area (Å²) in [5.41, 5.74) is 3.34. The number of amides is 2. The molecular weight excluding hydrogens is 472 g/mol. The Morgan fingerprint density at radius 3 is 2.46 bits per heavy atom. The SMILES string of the molecule is O=C(Nc1cc(Cc2nc(-c3ccncc3)n[nH]2)cc([N+](=O)[O-])c1)Nc1cc(-c2ccccc2)ccn1. The monoisotopic (exact) mass is 492 g/mol. The molecule has 2 amide bonds. The quantitative estimate of drug-likeness (QED) is 0.212. The topological polar surface area (TPSA) is 152 Å². The van der Waals surface area contributed by atoms with Gasteiger partial charge in [0.2, 0.25) is 0 Å². The maximum absolute atomic E-state index is 12.7. The highest BCUT2D eigenvalue weighted by Crippen LogP contribution is 2.24. The van der Waals surface area contributed by atoms with Crippen molar-refractivity contribution in [2.75, 3.05) is 10.6 Å². The van der Waals surface area contributed by atoms with E-state index in [1.165, 1.54) is 12.1 Å². The molecule has 0 atom stereocenters. The number of nitrogens with one attached hydrogen (secondary N) is 3. The van der Waals surface area contributed by atoms with Crippen LogP contribution in [0.15, 0.2) is 91.4 Å². The van der Waals surface area contributed by atoms with E-state index in [1.54, 1.807) is 42.9 Å². The summed E-state index contributed by atoms with van der Waals surface area (Å²) in [6.45, 7) is 0. The maximum Gasteiger partial charge on any atom is 0.324 e. The minimum atomic E-state index is -0.580. The molecule has 182 valence electrons. The summed E-state index contributed by atoms with van der Waals surface area (Å²) < 4.78 is 0. The average Bonchev–Trinajstić information content (AvgIpc) is 3.38. The van der Waals surface area contributed by atoms with E-state index in [0.717, 1.165) is 16.7 Å². The molecule has 11 heteroatoms. The zero-order chi connectivity index (χ0) is 25.6. The van der Waals surface area contributed by atoms with Gasteiger partial charge in [-0.15, -0.1) is 0 Å². The largest absolute Gasteiger partial charge is 0.324 e. The lowest BCUT2D eigenvalue weighted by Gasteiger charge is -2.10. The van der Waals surface area contributed by atoms with Gasteiger partial charge in [0.1, 0.15) is 11.6 Å². The predicted molar refractivity (Wildman–Crippen MR) is 138 cm³/mol. The second-order valence-electron chi connectivity index (χ2n) is 8.04. The molecule has 2 aromatic carbocycles. The molecule has 3 N–H and O–H groups in total. The minimum absolute atomic E-state index is 0.161. The molecule has 0 aliphatic carbocycles. The number of carbonyl (C=O) groups excluding carboxylic acids is 1. The molecule has 5 rings (SSSR count). The van der Waals surface area contributed by atoms with Crippen molar-refractivity contribution >= 4 is 23.2 Å². The van der Waals surface area contributed by atoms with E-state index in [0.29, 0.717) is 23.0 Å². The van der Waals surface area contributed by atoms with Gasteiger partial charge < -0.3 is 5.32 Å².